The Kier molecular flexibility index (Phi) is 5.89. The number of benzene rings is 1. The van der Waals surface area contributed by atoms with Gasteiger partial charge in [-0.05, 0) is 44.5 Å². The second-order valence-corrected chi connectivity index (χ2v) is 5.60. The standard InChI is InChI=1S/C14H19BrF3NO/c1-8-7-10(15)9(2)12(13(8)20-4)11(19-3)5-6-14(16,17)18/h7,11,19H,5-6H2,1-4H3. The molecule has 0 saturated carbocycles. The summed E-state index contributed by atoms with van der Waals surface area (Å²) in [5, 5.41) is 2.96. The molecule has 0 spiro atoms. The fourth-order valence-corrected chi connectivity index (χ4v) is 2.86. The zero-order valence-electron chi connectivity index (χ0n) is 12.0. The molecule has 0 saturated heterocycles. The Bertz CT molecular complexity index is 474. The molecule has 0 fully saturated rings. The summed E-state index contributed by atoms with van der Waals surface area (Å²) < 4.78 is 43.6. The Morgan fingerprint density at radius 2 is 1.95 bits per heavy atom. The van der Waals surface area contributed by atoms with E-state index >= 15 is 0 Å². The van der Waals surface area contributed by atoms with Crippen molar-refractivity contribution in [3.05, 3.63) is 27.2 Å². The van der Waals surface area contributed by atoms with Gasteiger partial charge in [0.25, 0.3) is 0 Å². The molecule has 1 rings (SSSR count). The average Bonchev–Trinajstić information content (AvgIpc) is 2.34. The van der Waals surface area contributed by atoms with E-state index in [2.05, 4.69) is 21.2 Å². The van der Waals surface area contributed by atoms with Gasteiger partial charge in [0.1, 0.15) is 5.75 Å². The smallest absolute Gasteiger partial charge is 0.389 e. The molecule has 0 aliphatic heterocycles. The first-order valence-electron chi connectivity index (χ1n) is 6.28. The van der Waals surface area contributed by atoms with Gasteiger partial charge in [0, 0.05) is 22.5 Å². The van der Waals surface area contributed by atoms with Crippen molar-refractivity contribution < 1.29 is 17.9 Å². The van der Waals surface area contributed by atoms with Gasteiger partial charge in [0.05, 0.1) is 7.11 Å². The third-order valence-electron chi connectivity index (χ3n) is 3.33. The summed E-state index contributed by atoms with van der Waals surface area (Å²) in [6.45, 7) is 3.75. The molecular weight excluding hydrogens is 335 g/mol. The number of aryl methyl sites for hydroxylation is 1. The van der Waals surface area contributed by atoms with Crippen LogP contribution in [-0.2, 0) is 0 Å². The average molecular weight is 354 g/mol. The summed E-state index contributed by atoms with van der Waals surface area (Å²) >= 11 is 3.44. The fraction of sp³-hybridized carbons (Fsp3) is 0.571. The fourth-order valence-electron chi connectivity index (χ4n) is 2.31. The van der Waals surface area contributed by atoms with Crippen molar-refractivity contribution >= 4 is 15.9 Å². The van der Waals surface area contributed by atoms with Crippen molar-refractivity contribution in [3.63, 3.8) is 0 Å². The van der Waals surface area contributed by atoms with Crippen LogP contribution < -0.4 is 10.1 Å². The van der Waals surface area contributed by atoms with Gasteiger partial charge in [-0.2, -0.15) is 13.2 Å². The molecule has 1 N–H and O–H groups in total. The van der Waals surface area contributed by atoms with Crippen LogP contribution in [0, 0.1) is 13.8 Å². The van der Waals surface area contributed by atoms with Gasteiger partial charge in [-0.1, -0.05) is 15.9 Å². The Hall–Kier alpha value is -0.750. The largest absolute Gasteiger partial charge is 0.496 e. The van der Waals surface area contributed by atoms with E-state index in [-0.39, 0.29) is 6.42 Å². The van der Waals surface area contributed by atoms with E-state index in [1.807, 2.05) is 19.9 Å². The highest BCUT2D eigenvalue weighted by Gasteiger charge is 2.30. The number of hydrogen-bond donors (Lipinski definition) is 1. The summed E-state index contributed by atoms with van der Waals surface area (Å²) in [7, 11) is 3.20. The molecule has 0 heterocycles. The highest BCUT2D eigenvalue weighted by Crippen LogP contribution is 2.39. The Labute approximate surface area is 125 Å². The molecule has 0 aliphatic carbocycles. The van der Waals surface area contributed by atoms with Gasteiger partial charge in [-0.15, -0.1) is 0 Å². The zero-order valence-corrected chi connectivity index (χ0v) is 13.6. The normalized spacial score (nSPS) is 13.4. The van der Waals surface area contributed by atoms with Gasteiger partial charge in [0.2, 0.25) is 0 Å². The molecule has 114 valence electrons. The van der Waals surface area contributed by atoms with E-state index in [4.69, 9.17) is 4.74 Å². The molecule has 1 aromatic carbocycles. The maximum atomic E-state index is 12.4. The van der Waals surface area contributed by atoms with Gasteiger partial charge in [-0.25, -0.2) is 0 Å². The number of methoxy groups -OCH3 is 1. The third kappa shape index (κ3) is 4.12. The minimum Gasteiger partial charge on any atom is -0.496 e. The number of rotatable bonds is 5. The minimum atomic E-state index is -4.16. The maximum absolute atomic E-state index is 12.4. The predicted octanol–water partition coefficient (Wildman–Crippen LogP) is 4.68. The predicted molar refractivity (Wildman–Crippen MR) is 77.3 cm³/mol. The van der Waals surface area contributed by atoms with Crippen LogP contribution in [-0.4, -0.2) is 20.3 Å². The molecule has 1 atom stereocenters. The zero-order chi connectivity index (χ0) is 15.5. The van der Waals surface area contributed by atoms with Crippen molar-refractivity contribution in [3.8, 4) is 5.75 Å². The van der Waals surface area contributed by atoms with Crippen LogP contribution in [0.3, 0.4) is 0 Å². The van der Waals surface area contributed by atoms with Crippen molar-refractivity contribution in [1.29, 1.82) is 0 Å². The summed E-state index contributed by atoms with van der Waals surface area (Å²) in [4.78, 5) is 0. The quantitative estimate of drug-likeness (QED) is 0.829. The van der Waals surface area contributed by atoms with Gasteiger partial charge >= 0.3 is 6.18 Å². The van der Waals surface area contributed by atoms with E-state index in [1.54, 1.807) is 7.05 Å². The second kappa shape index (κ2) is 6.80. The van der Waals surface area contributed by atoms with Crippen molar-refractivity contribution in [1.82, 2.24) is 5.32 Å². The van der Waals surface area contributed by atoms with E-state index < -0.39 is 18.6 Å². The van der Waals surface area contributed by atoms with E-state index in [1.165, 1.54) is 7.11 Å². The third-order valence-corrected chi connectivity index (χ3v) is 4.15. The lowest BCUT2D eigenvalue weighted by Crippen LogP contribution is -2.21. The monoisotopic (exact) mass is 353 g/mol. The van der Waals surface area contributed by atoms with Crippen molar-refractivity contribution in [2.24, 2.45) is 0 Å². The Balaban J connectivity index is 3.20. The molecular formula is C14H19BrF3NO. The summed E-state index contributed by atoms with van der Waals surface area (Å²) in [6.07, 6.45) is -5.00. The summed E-state index contributed by atoms with van der Waals surface area (Å²) in [6, 6.07) is 1.51. The second-order valence-electron chi connectivity index (χ2n) is 4.74. The number of nitrogens with one attached hydrogen (secondary N) is 1. The number of alkyl halides is 3. The molecule has 0 bridgehead atoms. The van der Waals surface area contributed by atoms with E-state index in [0.29, 0.717) is 5.75 Å². The first kappa shape index (κ1) is 17.3. The van der Waals surface area contributed by atoms with Crippen molar-refractivity contribution in [2.45, 2.75) is 38.9 Å². The lowest BCUT2D eigenvalue weighted by molar-refractivity contribution is -0.136. The van der Waals surface area contributed by atoms with Gasteiger partial charge < -0.3 is 10.1 Å². The van der Waals surface area contributed by atoms with Crippen LogP contribution >= 0.6 is 15.9 Å². The summed E-state index contributed by atoms with van der Waals surface area (Å²) in [5.41, 5.74) is 2.58. The lowest BCUT2D eigenvalue weighted by atomic mass is 9.94. The molecule has 1 aromatic rings. The molecule has 0 amide bonds. The van der Waals surface area contributed by atoms with E-state index in [9.17, 15) is 13.2 Å². The first-order valence-corrected chi connectivity index (χ1v) is 7.08. The topological polar surface area (TPSA) is 21.3 Å². The summed E-state index contributed by atoms with van der Waals surface area (Å²) in [5.74, 6) is 0.646. The molecule has 6 heteroatoms. The van der Waals surface area contributed by atoms with Gasteiger partial charge in [-0.3, -0.25) is 0 Å². The number of ether oxygens (including phenoxy) is 1. The van der Waals surface area contributed by atoms with Crippen LogP contribution in [0.25, 0.3) is 0 Å². The van der Waals surface area contributed by atoms with Crippen LogP contribution in [0.2, 0.25) is 0 Å². The molecule has 0 aliphatic rings. The molecule has 0 radical (unpaired) electrons. The maximum Gasteiger partial charge on any atom is 0.389 e. The first-order chi connectivity index (χ1) is 9.21. The van der Waals surface area contributed by atoms with Crippen LogP contribution in [0.5, 0.6) is 5.75 Å². The minimum absolute atomic E-state index is 0.0207. The number of hydrogen-bond acceptors (Lipinski definition) is 2. The van der Waals surface area contributed by atoms with Gasteiger partial charge in [0.15, 0.2) is 0 Å². The SMILES string of the molecule is CNC(CCC(F)(F)F)c1c(C)c(Br)cc(C)c1OC. The molecule has 0 aromatic heterocycles. The van der Waals surface area contributed by atoms with Crippen LogP contribution in [0.4, 0.5) is 13.2 Å². The Morgan fingerprint density at radius 3 is 2.40 bits per heavy atom. The molecule has 20 heavy (non-hydrogen) atoms. The van der Waals surface area contributed by atoms with Crippen molar-refractivity contribution in [2.75, 3.05) is 14.2 Å². The van der Waals surface area contributed by atoms with E-state index in [0.717, 1.165) is 21.2 Å². The van der Waals surface area contributed by atoms with Crippen LogP contribution in [0.1, 0.15) is 35.6 Å². The Morgan fingerprint density at radius 1 is 1.35 bits per heavy atom. The molecule has 1 unspecified atom stereocenters. The number of halogens is 4. The van der Waals surface area contributed by atoms with Crippen LogP contribution in [0.15, 0.2) is 10.5 Å². The lowest BCUT2D eigenvalue weighted by Gasteiger charge is -2.24. The highest BCUT2D eigenvalue weighted by molar-refractivity contribution is 9.10. The molecule has 2 nitrogen and oxygen atoms in total. The highest BCUT2D eigenvalue weighted by atomic mass is 79.9.